The quantitative estimate of drug-likeness (QED) is 0.254. The van der Waals surface area contributed by atoms with Crippen molar-refractivity contribution < 1.29 is 19.2 Å². The van der Waals surface area contributed by atoms with E-state index in [1.165, 1.54) is 0 Å². The molecule has 0 radical (unpaired) electrons. The first-order valence-electron chi connectivity index (χ1n) is 0.894. The van der Waals surface area contributed by atoms with Crippen molar-refractivity contribution in [2.24, 2.45) is 0 Å². The zero-order chi connectivity index (χ0) is 4.50. The van der Waals surface area contributed by atoms with Crippen molar-refractivity contribution in [2.45, 2.75) is 0 Å². The maximum absolute atomic E-state index is 7.33. The van der Waals surface area contributed by atoms with Gasteiger partial charge in [-0.25, -0.2) is 0 Å². The van der Waals surface area contributed by atoms with Crippen LogP contribution in [0.4, 0.5) is 0 Å². The third-order valence-electron chi connectivity index (χ3n) is 0. The molecule has 0 heterocycles. The van der Waals surface area contributed by atoms with Crippen molar-refractivity contribution in [3.8, 4) is 0 Å². The number of rotatable bonds is 0. The molecule has 0 aliphatic heterocycles. The molecule has 0 aromatic heterocycles. The molecule has 7 heavy (non-hydrogen) atoms. The lowest BCUT2D eigenvalue weighted by Crippen LogP contribution is -2.33. The highest BCUT2D eigenvalue weighted by atomic mass is 28.4. The van der Waals surface area contributed by atoms with Crippen molar-refractivity contribution >= 4 is 34.8 Å². The first-order chi connectivity index (χ1) is 2.00. The second-order valence-electron chi connectivity index (χ2n) is 0.600. The molecular weight excluding hydrogens is 130 g/mol. The van der Waals surface area contributed by atoms with E-state index < -0.39 is 9.05 Å². The Morgan fingerprint density at radius 2 is 0.857 bits per heavy atom. The second-order valence-corrected chi connectivity index (χ2v) is 1.80. The fourth-order valence-corrected chi connectivity index (χ4v) is 0. The maximum Gasteiger partial charge on any atom is 0.668 e. The molecule has 44 valence electrons. The van der Waals surface area contributed by atoms with Crippen molar-refractivity contribution in [2.75, 3.05) is 0 Å². The molecule has 0 saturated heterocycles. The van der Waals surface area contributed by atoms with Crippen molar-refractivity contribution in [1.82, 2.24) is 0 Å². The molecule has 0 bridgehead atoms. The highest BCUT2D eigenvalue weighted by Crippen LogP contribution is 1.67. The van der Waals surface area contributed by atoms with Crippen LogP contribution in [-0.4, -0.2) is 54.0 Å². The first-order valence-corrected chi connectivity index (χ1v) is 2.68. The Balaban J connectivity index is -0.0000000800. The van der Waals surface area contributed by atoms with E-state index in [-0.39, 0.29) is 25.8 Å². The standard InChI is InChI=1S/Al.BH3.H4O4Si.3H/c;;1-5(2,3)4;;;/h;1H3;1-4H;;;. The summed E-state index contributed by atoms with van der Waals surface area (Å²) in [5.74, 6) is 0. The van der Waals surface area contributed by atoms with Crippen LogP contribution in [0, 0.1) is 0 Å². The summed E-state index contributed by atoms with van der Waals surface area (Å²) in [5, 5.41) is 0. The monoisotopic (exact) mass is 140 g/mol. The van der Waals surface area contributed by atoms with Crippen LogP contribution in [-0.2, 0) is 0 Å². The van der Waals surface area contributed by atoms with Crippen LogP contribution in [0.25, 0.3) is 0 Å². The van der Waals surface area contributed by atoms with E-state index in [4.69, 9.17) is 19.2 Å². The van der Waals surface area contributed by atoms with Gasteiger partial charge in [0.15, 0.2) is 17.4 Å². The number of hydrogen-bond acceptors (Lipinski definition) is 4. The summed E-state index contributed by atoms with van der Waals surface area (Å²) in [5.41, 5.74) is 0. The highest BCUT2D eigenvalue weighted by Gasteiger charge is 2.22. The minimum absolute atomic E-state index is 0. The number of hydrogen-bond donors (Lipinski definition) is 4. The second kappa shape index (κ2) is 4.80. The predicted octanol–water partition coefficient (Wildman–Crippen LogP) is -4.98. The Morgan fingerprint density at radius 3 is 0.857 bits per heavy atom. The minimum Gasteiger partial charge on any atom is -0.368 e. The Bertz CT molecular complexity index is 27.2. The molecule has 4 nitrogen and oxygen atoms in total. The van der Waals surface area contributed by atoms with Gasteiger partial charge in [0.25, 0.3) is 0 Å². The van der Waals surface area contributed by atoms with Gasteiger partial charge in [-0.15, -0.1) is 0 Å². The molecule has 0 amide bonds. The summed E-state index contributed by atoms with van der Waals surface area (Å²) in [6, 6.07) is 0. The molecule has 0 unspecified atom stereocenters. The summed E-state index contributed by atoms with van der Waals surface area (Å²) in [6.07, 6.45) is 0. The van der Waals surface area contributed by atoms with Crippen molar-refractivity contribution in [1.29, 1.82) is 0 Å². The van der Waals surface area contributed by atoms with Gasteiger partial charge in [-0.05, 0) is 0 Å². The van der Waals surface area contributed by atoms with E-state index in [1.54, 1.807) is 0 Å². The van der Waals surface area contributed by atoms with Gasteiger partial charge in [0.2, 0.25) is 0 Å². The van der Waals surface area contributed by atoms with Gasteiger partial charge in [-0.3, -0.25) is 0 Å². The van der Waals surface area contributed by atoms with Gasteiger partial charge in [-0.2, -0.15) is 0 Å². The lowest BCUT2D eigenvalue weighted by Gasteiger charge is -1.91. The zero-order valence-electron chi connectivity index (χ0n) is 2.29. The van der Waals surface area contributed by atoms with E-state index >= 15 is 0 Å². The maximum atomic E-state index is 7.33. The highest BCUT2D eigenvalue weighted by molar-refractivity contribution is 6.46. The van der Waals surface area contributed by atoms with Crippen molar-refractivity contribution in [3.05, 3.63) is 0 Å². The van der Waals surface area contributed by atoms with Gasteiger partial charge in [0.1, 0.15) is 0 Å². The smallest absolute Gasteiger partial charge is 0.368 e. The Kier molecular flexibility index (Phi) is 10.7. The lowest BCUT2D eigenvalue weighted by atomic mass is 10.8. The third-order valence-corrected chi connectivity index (χ3v) is 0. The third kappa shape index (κ3) is 337. The van der Waals surface area contributed by atoms with E-state index in [2.05, 4.69) is 0 Å². The fourth-order valence-electron chi connectivity index (χ4n) is 0. The zero-order valence-corrected chi connectivity index (χ0v) is 3.29. The molecular formula is H10AlBO4Si. The first kappa shape index (κ1) is 15.6. The van der Waals surface area contributed by atoms with Crippen LogP contribution in [0.5, 0.6) is 0 Å². The summed E-state index contributed by atoms with van der Waals surface area (Å²) < 4.78 is 0. The van der Waals surface area contributed by atoms with E-state index in [1.807, 2.05) is 0 Å². The van der Waals surface area contributed by atoms with Crippen LogP contribution in [0.15, 0.2) is 0 Å². The Labute approximate surface area is 54.6 Å². The molecule has 0 spiro atoms. The average Bonchev–Trinajstić information content (AvgIpc) is 0.722. The van der Waals surface area contributed by atoms with Gasteiger partial charge < -0.3 is 19.2 Å². The van der Waals surface area contributed by atoms with Gasteiger partial charge in [0, 0.05) is 0 Å². The molecule has 0 aromatic carbocycles. The fraction of sp³-hybridized carbons (Fsp3) is 0. The SMILES string of the molecule is B.O[Si](O)(O)O.[AlH3]. The molecule has 0 aliphatic rings. The lowest BCUT2D eigenvalue weighted by molar-refractivity contribution is 0.117. The topological polar surface area (TPSA) is 80.9 Å². The van der Waals surface area contributed by atoms with Crippen molar-refractivity contribution in [3.63, 3.8) is 0 Å². The predicted molar refractivity (Wildman–Crippen MR) is 34.5 cm³/mol. The van der Waals surface area contributed by atoms with Crippen LogP contribution < -0.4 is 0 Å². The molecule has 4 N–H and O–H groups in total. The van der Waals surface area contributed by atoms with Gasteiger partial charge in [-0.1, -0.05) is 0 Å². The largest absolute Gasteiger partial charge is 0.668 e. The summed E-state index contributed by atoms with van der Waals surface area (Å²) in [4.78, 5) is 29.3. The van der Waals surface area contributed by atoms with Crippen LogP contribution in [0.1, 0.15) is 0 Å². The molecule has 0 rings (SSSR count). The van der Waals surface area contributed by atoms with Crippen LogP contribution in [0.3, 0.4) is 0 Å². The van der Waals surface area contributed by atoms with Crippen LogP contribution in [0.2, 0.25) is 0 Å². The summed E-state index contributed by atoms with van der Waals surface area (Å²) in [6.45, 7) is 0. The molecule has 0 aliphatic carbocycles. The van der Waals surface area contributed by atoms with Gasteiger partial charge in [0.05, 0.1) is 8.41 Å². The molecule has 0 fully saturated rings. The van der Waals surface area contributed by atoms with E-state index in [0.717, 1.165) is 0 Å². The summed E-state index contributed by atoms with van der Waals surface area (Å²) in [7, 11) is -4.61. The molecule has 0 saturated carbocycles. The normalized spacial score (nSPS) is 8.57. The minimum atomic E-state index is -4.61. The average molecular weight is 140 g/mol. The van der Waals surface area contributed by atoms with Gasteiger partial charge >= 0.3 is 9.05 Å². The Hall–Kier alpha value is 0.654. The summed E-state index contributed by atoms with van der Waals surface area (Å²) >= 11 is 0. The van der Waals surface area contributed by atoms with E-state index in [9.17, 15) is 0 Å². The Morgan fingerprint density at radius 1 is 0.857 bits per heavy atom. The van der Waals surface area contributed by atoms with Crippen LogP contribution >= 0.6 is 0 Å². The molecule has 0 aromatic rings. The molecule has 0 atom stereocenters. The van der Waals surface area contributed by atoms with E-state index in [0.29, 0.717) is 0 Å². The molecule has 7 heteroatoms.